The number of nitrogens with one attached hydrogen (secondary N) is 2. The van der Waals surface area contributed by atoms with Crippen molar-refractivity contribution in [3.63, 3.8) is 0 Å². The zero-order valence-corrected chi connectivity index (χ0v) is 17.5. The second kappa shape index (κ2) is 14.6. The van der Waals surface area contributed by atoms with Crippen LogP contribution in [0.4, 0.5) is 4.79 Å². The van der Waals surface area contributed by atoms with Crippen LogP contribution in [0.3, 0.4) is 0 Å². The van der Waals surface area contributed by atoms with E-state index in [1.807, 2.05) is 37.3 Å². The van der Waals surface area contributed by atoms with Gasteiger partial charge in [-0.15, -0.1) is 0 Å². The molecule has 1 aromatic carbocycles. The van der Waals surface area contributed by atoms with E-state index in [0.717, 1.165) is 12.0 Å². The monoisotopic (exact) mass is 419 g/mol. The first kappa shape index (κ1) is 24.6. The molecule has 0 atom stereocenters. The first-order valence-corrected chi connectivity index (χ1v) is 9.37. The molecule has 4 N–H and O–H groups in total. The molecule has 0 amide bonds. The van der Waals surface area contributed by atoms with Crippen molar-refractivity contribution in [3.05, 3.63) is 47.3 Å². The highest BCUT2D eigenvalue weighted by Crippen LogP contribution is 2.07. The highest BCUT2D eigenvalue weighted by molar-refractivity contribution is 6.03. The molecular weight excluding hydrogens is 390 g/mol. The van der Waals surface area contributed by atoms with Gasteiger partial charge < -0.3 is 30.0 Å². The Kier molecular flexibility index (Phi) is 12.0. The number of allylic oxidation sites excluding steroid dienone is 1. The molecule has 0 aliphatic carbocycles. The minimum Gasteiger partial charge on any atom is -0.461 e. The summed E-state index contributed by atoms with van der Waals surface area (Å²) in [5, 5.41) is 10.9. The summed E-state index contributed by atoms with van der Waals surface area (Å²) in [6, 6.07) is 9.33. The molecule has 0 heterocycles. The van der Waals surface area contributed by atoms with Gasteiger partial charge in [0, 0.05) is 19.4 Å². The quantitative estimate of drug-likeness (QED) is 0.217. The molecule has 10 heteroatoms. The molecule has 0 unspecified atom stereocenters. The molecule has 1 rings (SSSR count). The lowest BCUT2D eigenvalue weighted by Gasteiger charge is -2.11. The first-order chi connectivity index (χ1) is 14.5. The molecule has 0 radical (unpaired) electrons. The fraction of sp³-hybridized carbons (Fsp3) is 0.400. The molecule has 0 aliphatic rings. The van der Waals surface area contributed by atoms with Gasteiger partial charge in [-0.1, -0.05) is 37.3 Å². The summed E-state index contributed by atoms with van der Waals surface area (Å²) in [5.74, 6) is -0.0859. The lowest BCUT2D eigenvalue weighted by Crippen LogP contribution is -2.23. The van der Waals surface area contributed by atoms with Gasteiger partial charge in [0.05, 0.1) is 13.2 Å². The van der Waals surface area contributed by atoms with Gasteiger partial charge in [0.2, 0.25) is 0 Å². The van der Waals surface area contributed by atoms with Gasteiger partial charge in [-0.25, -0.2) is 15.2 Å². The summed E-state index contributed by atoms with van der Waals surface area (Å²) in [7, 11) is 1.52. The van der Waals surface area contributed by atoms with Crippen LogP contribution < -0.4 is 11.1 Å². The minimum absolute atomic E-state index is 0.0859. The Hall–Kier alpha value is -3.40. The zero-order chi connectivity index (χ0) is 22.2. The van der Waals surface area contributed by atoms with Gasteiger partial charge in [-0.05, 0) is 18.9 Å². The SMILES string of the molecule is CCCOC(=O)OC=NC(=C(/C)NCc1ccccc1)/C(N)=N\C(=N)OCCOC. The predicted molar refractivity (Wildman–Crippen MR) is 114 cm³/mol. The Morgan fingerprint density at radius 3 is 2.60 bits per heavy atom. The first-order valence-electron chi connectivity index (χ1n) is 9.37. The zero-order valence-electron chi connectivity index (χ0n) is 17.5. The van der Waals surface area contributed by atoms with Crippen molar-refractivity contribution in [1.82, 2.24) is 5.32 Å². The average molecular weight is 419 g/mol. The van der Waals surface area contributed by atoms with E-state index in [2.05, 4.69) is 15.3 Å². The van der Waals surface area contributed by atoms with E-state index in [-0.39, 0.29) is 24.7 Å². The Balaban J connectivity index is 2.92. The Labute approximate surface area is 176 Å². The van der Waals surface area contributed by atoms with Crippen LogP contribution in [0, 0.1) is 5.41 Å². The summed E-state index contributed by atoms with van der Waals surface area (Å²) in [6.45, 7) is 4.83. The third kappa shape index (κ3) is 10.2. The molecule has 0 saturated heterocycles. The number of hydrogen-bond donors (Lipinski definition) is 3. The summed E-state index contributed by atoms with van der Waals surface area (Å²) in [6.07, 6.45) is 0.713. The Bertz CT molecular complexity index is 762. The van der Waals surface area contributed by atoms with Crippen LogP contribution in [0.15, 0.2) is 51.7 Å². The van der Waals surface area contributed by atoms with Crippen LogP contribution in [-0.2, 0) is 25.5 Å². The van der Waals surface area contributed by atoms with Crippen LogP contribution in [0.2, 0.25) is 0 Å². The van der Waals surface area contributed by atoms with Gasteiger partial charge in [0.1, 0.15) is 12.3 Å². The van der Waals surface area contributed by atoms with E-state index in [9.17, 15) is 4.79 Å². The second-order valence-corrected chi connectivity index (χ2v) is 5.91. The number of benzene rings is 1. The van der Waals surface area contributed by atoms with E-state index in [1.165, 1.54) is 7.11 Å². The summed E-state index contributed by atoms with van der Waals surface area (Å²) in [5.41, 5.74) is 7.80. The van der Waals surface area contributed by atoms with E-state index < -0.39 is 12.2 Å². The topological polar surface area (TPSA) is 141 Å². The number of aliphatic imine (C=N–C) groups is 2. The van der Waals surface area contributed by atoms with Crippen molar-refractivity contribution in [2.75, 3.05) is 26.9 Å². The van der Waals surface area contributed by atoms with Gasteiger partial charge in [-0.2, -0.15) is 4.99 Å². The van der Waals surface area contributed by atoms with Crippen LogP contribution in [0.1, 0.15) is 25.8 Å². The Morgan fingerprint density at radius 1 is 1.20 bits per heavy atom. The molecule has 1 aromatic rings. The van der Waals surface area contributed by atoms with Crippen molar-refractivity contribution < 1.29 is 23.7 Å². The summed E-state index contributed by atoms with van der Waals surface area (Å²) in [4.78, 5) is 19.4. The third-order valence-electron chi connectivity index (χ3n) is 3.50. The fourth-order valence-corrected chi connectivity index (χ4v) is 2.03. The van der Waals surface area contributed by atoms with Crippen LogP contribution in [0.5, 0.6) is 0 Å². The molecule has 164 valence electrons. The smallest absolute Gasteiger partial charge is 0.461 e. The van der Waals surface area contributed by atoms with Crippen LogP contribution in [0.25, 0.3) is 0 Å². The van der Waals surface area contributed by atoms with Gasteiger partial charge in [-0.3, -0.25) is 0 Å². The molecule has 0 aliphatic heterocycles. The number of amidine groups is 2. The van der Waals surface area contributed by atoms with Crippen molar-refractivity contribution in [2.24, 2.45) is 15.7 Å². The van der Waals surface area contributed by atoms with Gasteiger partial charge in [0.15, 0.2) is 12.2 Å². The highest BCUT2D eigenvalue weighted by Gasteiger charge is 2.10. The number of methoxy groups -OCH3 is 1. The van der Waals surface area contributed by atoms with E-state index >= 15 is 0 Å². The van der Waals surface area contributed by atoms with Crippen LogP contribution >= 0.6 is 0 Å². The number of nitrogens with zero attached hydrogens (tertiary/aromatic N) is 2. The Morgan fingerprint density at radius 2 is 1.93 bits per heavy atom. The molecular formula is C20H29N5O5. The van der Waals surface area contributed by atoms with Gasteiger partial charge in [0.25, 0.3) is 0 Å². The summed E-state index contributed by atoms with van der Waals surface area (Å²) >= 11 is 0. The van der Waals surface area contributed by atoms with Crippen molar-refractivity contribution in [3.8, 4) is 0 Å². The highest BCUT2D eigenvalue weighted by atomic mass is 16.7. The van der Waals surface area contributed by atoms with Crippen molar-refractivity contribution in [1.29, 1.82) is 5.41 Å². The average Bonchev–Trinajstić information content (AvgIpc) is 2.74. The largest absolute Gasteiger partial charge is 0.514 e. The minimum atomic E-state index is -0.874. The predicted octanol–water partition coefficient (Wildman–Crippen LogP) is 2.55. The molecule has 0 saturated carbocycles. The molecule has 30 heavy (non-hydrogen) atoms. The number of nitrogens with two attached hydrogens (primary N) is 1. The maximum Gasteiger partial charge on any atom is 0.514 e. The fourth-order valence-electron chi connectivity index (χ4n) is 2.03. The third-order valence-corrected chi connectivity index (χ3v) is 3.50. The number of hydrogen-bond acceptors (Lipinski definition) is 8. The maximum atomic E-state index is 11.5. The standard InChI is InChI=1S/C20H29N5O5/c1-4-10-29-20(26)30-14-24-17(18(21)25-19(22)28-12-11-27-3)15(2)23-13-16-8-6-5-7-9-16/h5-9,14,23H,4,10-13H2,1-3H3,(H3,21,22,25)/b17-15-,24-14?. The summed E-state index contributed by atoms with van der Waals surface area (Å²) < 4.78 is 19.5. The normalized spacial score (nSPS) is 12.3. The van der Waals surface area contributed by atoms with E-state index in [0.29, 0.717) is 25.3 Å². The molecule has 10 nitrogen and oxygen atoms in total. The van der Waals surface area contributed by atoms with E-state index in [1.54, 1.807) is 6.92 Å². The number of ether oxygens (including phenoxy) is 4. The lowest BCUT2D eigenvalue weighted by atomic mass is 10.2. The van der Waals surface area contributed by atoms with Crippen LogP contribution in [-0.4, -0.2) is 51.3 Å². The van der Waals surface area contributed by atoms with Crippen molar-refractivity contribution in [2.45, 2.75) is 26.8 Å². The van der Waals surface area contributed by atoms with E-state index in [4.69, 9.17) is 30.1 Å². The number of rotatable bonds is 11. The molecule has 0 aromatic heterocycles. The number of carbonyl (C=O) groups is 1. The van der Waals surface area contributed by atoms with Gasteiger partial charge >= 0.3 is 12.2 Å². The molecule has 0 bridgehead atoms. The number of carbonyl (C=O) groups excluding carboxylic acids is 1. The lowest BCUT2D eigenvalue weighted by molar-refractivity contribution is 0.0979. The molecule has 0 spiro atoms. The second-order valence-electron chi connectivity index (χ2n) is 5.91. The van der Waals surface area contributed by atoms with Crippen molar-refractivity contribution >= 4 is 24.4 Å². The molecule has 0 fully saturated rings. The maximum absolute atomic E-state index is 11.5.